The molecular formula is C20H23F2N3O2S. The summed E-state index contributed by atoms with van der Waals surface area (Å²) in [4.78, 5) is 0. The summed E-state index contributed by atoms with van der Waals surface area (Å²) in [5.41, 5.74) is 0.128. The maximum atomic E-state index is 14.4. The highest BCUT2D eigenvalue weighted by molar-refractivity contribution is 7.95. The highest BCUT2D eigenvalue weighted by Gasteiger charge is 2.43. The van der Waals surface area contributed by atoms with Gasteiger partial charge >= 0.3 is 10.2 Å². The zero-order chi connectivity index (χ0) is 19.7. The highest BCUT2D eigenvalue weighted by Crippen LogP contribution is 2.46. The maximum Gasteiger partial charge on any atom is 0.331 e. The molecule has 5 nitrogen and oxygen atoms in total. The molecule has 1 N–H and O–H groups in total. The summed E-state index contributed by atoms with van der Waals surface area (Å²) in [6, 6.07) is 10.5. The molecule has 8 heteroatoms. The lowest BCUT2D eigenvalue weighted by molar-refractivity contribution is 0.516. The fourth-order valence-electron chi connectivity index (χ4n) is 4.01. The van der Waals surface area contributed by atoms with Gasteiger partial charge in [0.2, 0.25) is 0 Å². The van der Waals surface area contributed by atoms with Gasteiger partial charge in [-0.25, -0.2) is 13.1 Å². The largest absolute Gasteiger partial charge is 0.331 e. The van der Waals surface area contributed by atoms with E-state index in [4.69, 9.17) is 0 Å². The minimum absolute atomic E-state index is 0.242. The first kappa shape index (κ1) is 19.1. The van der Waals surface area contributed by atoms with Crippen molar-refractivity contribution >= 4 is 27.3 Å². The number of benzene rings is 2. The Balaban J connectivity index is 1.60. The Hall–Kier alpha value is -2.19. The lowest BCUT2D eigenvalue weighted by Gasteiger charge is -2.22. The second kappa shape index (κ2) is 7.67. The molecule has 1 aliphatic carbocycles. The van der Waals surface area contributed by atoms with Gasteiger partial charge in [-0.2, -0.15) is 8.42 Å². The minimum Gasteiger partial charge on any atom is -0.314 e. The monoisotopic (exact) mass is 407 g/mol. The number of nitrogens with one attached hydrogen (secondary N) is 1. The second-order valence-electron chi connectivity index (χ2n) is 7.19. The summed E-state index contributed by atoms with van der Waals surface area (Å²) >= 11 is 0. The summed E-state index contributed by atoms with van der Waals surface area (Å²) in [6.45, 7) is 0.943. The summed E-state index contributed by atoms with van der Waals surface area (Å²) in [5, 5.41) is 3.46. The van der Waals surface area contributed by atoms with Gasteiger partial charge in [-0.1, -0.05) is 31.0 Å². The van der Waals surface area contributed by atoms with Crippen molar-refractivity contribution in [3.05, 3.63) is 54.1 Å². The fraction of sp³-hybridized carbons (Fsp3) is 0.400. The molecule has 28 heavy (non-hydrogen) atoms. The molecule has 2 aromatic rings. The molecule has 0 atom stereocenters. The van der Waals surface area contributed by atoms with Crippen molar-refractivity contribution in [3.8, 4) is 0 Å². The standard InChI is InChI=1S/C20H23F2N3O2S/c21-16-9-5-10-17(22)20(16)25-19-12-4-3-11-18(19)24(28(25,26)27)14-6-13-23-15-7-1-2-8-15/h3-5,9-12,15,23H,1-2,6-8,13-14H2. The van der Waals surface area contributed by atoms with Gasteiger partial charge < -0.3 is 5.32 Å². The van der Waals surface area contributed by atoms with Gasteiger partial charge in [0.15, 0.2) is 11.6 Å². The van der Waals surface area contributed by atoms with Crippen LogP contribution in [0.15, 0.2) is 42.5 Å². The Morgan fingerprint density at radius 2 is 1.61 bits per heavy atom. The van der Waals surface area contributed by atoms with Gasteiger partial charge in [0, 0.05) is 12.6 Å². The molecule has 0 amide bonds. The van der Waals surface area contributed by atoms with Crippen LogP contribution in [0.2, 0.25) is 0 Å². The molecule has 0 saturated heterocycles. The van der Waals surface area contributed by atoms with Crippen molar-refractivity contribution in [2.75, 3.05) is 21.7 Å². The van der Waals surface area contributed by atoms with Crippen LogP contribution >= 0.6 is 0 Å². The van der Waals surface area contributed by atoms with E-state index >= 15 is 0 Å². The molecule has 150 valence electrons. The molecule has 1 saturated carbocycles. The molecule has 2 aliphatic rings. The number of anilines is 3. The van der Waals surface area contributed by atoms with Crippen molar-refractivity contribution < 1.29 is 17.2 Å². The van der Waals surface area contributed by atoms with E-state index in [0.29, 0.717) is 24.7 Å². The lowest BCUT2D eigenvalue weighted by Crippen LogP contribution is -2.38. The zero-order valence-corrected chi connectivity index (χ0v) is 16.3. The predicted molar refractivity (Wildman–Crippen MR) is 106 cm³/mol. The number of halogens is 2. The van der Waals surface area contributed by atoms with Gasteiger partial charge in [0.05, 0.1) is 11.4 Å². The smallest absolute Gasteiger partial charge is 0.314 e. The van der Waals surface area contributed by atoms with E-state index in [1.54, 1.807) is 24.3 Å². The first-order valence-electron chi connectivity index (χ1n) is 9.59. The third-order valence-corrected chi connectivity index (χ3v) is 7.12. The molecular weight excluding hydrogens is 384 g/mol. The van der Waals surface area contributed by atoms with Crippen LogP contribution in [0.5, 0.6) is 0 Å². The summed E-state index contributed by atoms with van der Waals surface area (Å²) in [6.07, 6.45) is 5.39. The molecule has 0 bridgehead atoms. The third-order valence-electron chi connectivity index (χ3n) is 5.35. The number of fused-ring (bicyclic) bond motifs is 1. The highest BCUT2D eigenvalue weighted by atomic mass is 32.2. The third kappa shape index (κ3) is 3.35. The van der Waals surface area contributed by atoms with Crippen LogP contribution in [0.1, 0.15) is 32.1 Å². The Morgan fingerprint density at radius 3 is 2.29 bits per heavy atom. The van der Waals surface area contributed by atoms with E-state index in [-0.39, 0.29) is 12.2 Å². The average Bonchev–Trinajstić information content (AvgIpc) is 3.25. The van der Waals surface area contributed by atoms with E-state index in [0.717, 1.165) is 29.3 Å². The average molecular weight is 407 g/mol. The molecule has 0 spiro atoms. The van der Waals surface area contributed by atoms with E-state index in [2.05, 4.69) is 5.32 Å². The van der Waals surface area contributed by atoms with Crippen LogP contribution in [0.25, 0.3) is 0 Å². The van der Waals surface area contributed by atoms with Crippen LogP contribution in [-0.4, -0.2) is 27.5 Å². The quantitative estimate of drug-likeness (QED) is 0.734. The van der Waals surface area contributed by atoms with Gasteiger partial charge in [-0.05, 0) is 50.1 Å². The molecule has 1 fully saturated rings. The maximum absolute atomic E-state index is 14.4. The summed E-state index contributed by atoms with van der Waals surface area (Å²) in [5.74, 6) is -1.83. The molecule has 0 aromatic heterocycles. The zero-order valence-electron chi connectivity index (χ0n) is 15.4. The van der Waals surface area contributed by atoms with Crippen molar-refractivity contribution in [2.45, 2.75) is 38.1 Å². The van der Waals surface area contributed by atoms with Crippen molar-refractivity contribution in [1.82, 2.24) is 5.32 Å². The van der Waals surface area contributed by atoms with Crippen molar-refractivity contribution in [2.24, 2.45) is 0 Å². The van der Waals surface area contributed by atoms with Crippen molar-refractivity contribution in [3.63, 3.8) is 0 Å². The second-order valence-corrected chi connectivity index (χ2v) is 8.89. The first-order valence-corrected chi connectivity index (χ1v) is 11.0. The Kier molecular flexibility index (Phi) is 5.25. The molecule has 2 aromatic carbocycles. The SMILES string of the molecule is O=S1(=O)N(CCCNC2CCCC2)c2ccccc2N1c1c(F)cccc1F. The van der Waals surface area contributed by atoms with Crippen LogP contribution in [-0.2, 0) is 10.2 Å². The van der Waals surface area contributed by atoms with Crippen LogP contribution in [0.3, 0.4) is 0 Å². The van der Waals surface area contributed by atoms with Gasteiger partial charge in [-0.3, -0.25) is 4.31 Å². The number of rotatable bonds is 6. The van der Waals surface area contributed by atoms with Gasteiger partial charge in [-0.15, -0.1) is 0 Å². The molecule has 1 heterocycles. The Labute approximate surface area is 164 Å². The van der Waals surface area contributed by atoms with E-state index < -0.39 is 27.5 Å². The molecule has 0 radical (unpaired) electrons. The number of para-hydroxylation sites is 3. The van der Waals surface area contributed by atoms with Crippen LogP contribution in [0.4, 0.5) is 25.8 Å². The fourth-order valence-corrected chi connectivity index (χ4v) is 5.78. The summed E-state index contributed by atoms with van der Waals surface area (Å²) in [7, 11) is -4.13. The van der Waals surface area contributed by atoms with Gasteiger partial charge in [0.25, 0.3) is 0 Å². The minimum atomic E-state index is -4.13. The summed E-state index contributed by atoms with van der Waals surface area (Å²) < 4.78 is 57.2. The van der Waals surface area contributed by atoms with E-state index in [1.165, 1.54) is 23.2 Å². The van der Waals surface area contributed by atoms with E-state index in [1.807, 2.05) is 0 Å². The van der Waals surface area contributed by atoms with Crippen molar-refractivity contribution in [1.29, 1.82) is 0 Å². The molecule has 4 rings (SSSR count). The van der Waals surface area contributed by atoms with Gasteiger partial charge in [0.1, 0.15) is 5.69 Å². The lowest BCUT2D eigenvalue weighted by atomic mass is 10.2. The van der Waals surface area contributed by atoms with Crippen LogP contribution < -0.4 is 13.9 Å². The number of hydrogen-bond donors (Lipinski definition) is 1. The molecule has 1 aliphatic heterocycles. The van der Waals surface area contributed by atoms with E-state index in [9.17, 15) is 17.2 Å². The normalized spacial score (nSPS) is 18.6. The first-order chi connectivity index (χ1) is 13.5. The Morgan fingerprint density at radius 1 is 0.964 bits per heavy atom. The van der Waals surface area contributed by atoms with Crippen LogP contribution in [0, 0.1) is 11.6 Å². The number of hydrogen-bond acceptors (Lipinski definition) is 3. The molecule has 0 unspecified atom stereocenters. The predicted octanol–water partition coefficient (Wildman–Crippen LogP) is 4.09. The topological polar surface area (TPSA) is 52.7 Å². The number of nitrogens with zero attached hydrogens (tertiary/aromatic N) is 2. The Bertz CT molecular complexity index is 941.